The zero-order valence-corrected chi connectivity index (χ0v) is 10.3. The quantitative estimate of drug-likeness (QED) is 0.810. The van der Waals surface area contributed by atoms with E-state index >= 15 is 0 Å². The fourth-order valence-corrected chi connectivity index (χ4v) is 2.01. The molecule has 2 rings (SSSR count). The first-order valence-corrected chi connectivity index (χ1v) is 6.11. The molecular formula is C14H14NO4-. The molecule has 1 saturated carbocycles. The third-order valence-corrected chi connectivity index (χ3v) is 3.08. The second-order valence-corrected chi connectivity index (χ2v) is 4.46. The molecule has 0 heterocycles. The number of allylic oxidation sites excluding steroid dienone is 1. The van der Waals surface area contributed by atoms with Crippen LogP contribution in [0.3, 0.4) is 0 Å². The predicted molar refractivity (Wildman–Crippen MR) is 68.0 cm³/mol. The number of carboxylic acid groups (broad SMARTS) is 1. The molecule has 19 heavy (non-hydrogen) atoms. The highest BCUT2D eigenvalue weighted by Gasteiger charge is 2.14. The van der Waals surface area contributed by atoms with Crippen LogP contribution in [0, 0.1) is 0 Å². The van der Waals surface area contributed by atoms with Crippen LogP contribution in [0.15, 0.2) is 30.0 Å². The van der Waals surface area contributed by atoms with Gasteiger partial charge in [0, 0.05) is 23.9 Å². The smallest absolute Gasteiger partial charge is 0.335 e. The maximum atomic E-state index is 11.6. The Labute approximate surface area is 110 Å². The highest BCUT2D eigenvalue weighted by Crippen LogP contribution is 2.22. The number of rotatable bonds is 3. The Hall–Kier alpha value is -2.30. The summed E-state index contributed by atoms with van der Waals surface area (Å²) in [6.45, 7) is 0. The maximum absolute atomic E-state index is 11.6. The number of ketones is 1. The number of hydrogen-bond donors (Lipinski definition) is 2. The van der Waals surface area contributed by atoms with E-state index in [0.29, 0.717) is 12.1 Å². The van der Waals surface area contributed by atoms with E-state index in [1.165, 1.54) is 18.2 Å². The Morgan fingerprint density at radius 1 is 1.32 bits per heavy atom. The standard InChI is InChI=1S/C14H15NO4/c16-12-4-2-1-3-9(12)8-15-10-5-6-11(14(18)19)13(17)7-10/h5-8,15,17H,1-4H2,(H,18,19)/p-1/b9-8-. The lowest BCUT2D eigenvalue weighted by Gasteiger charge is -2.14. The molecule has 0 amide bonds. The van der Waals surface area contributed by atoms with Gasteiger partial charge < -0.3 is 15.5 Å². The SMILES string of the molecule is O=C1CCCC/C1=C/Nc1ccc(C(=O)O)c([O-])c1. The normalized spacial score (nSPS) is 17.5. The molecule has 0 radical (unpaired) electrons. The van der Waals surface area contributed by atoms with E-state index in [-0.39, 0.29) is 11.3 Å². The molecule has 1 aromatic rings. The van der Waals surface area contributed by atoms with E-state index in [0.717, 1.165) is 24.8 Å². The highest BCUT2D eigenvalue weighted by molar-refractivity contribution is 5.96. The lowest BCUT2D eigenvalue weighted by atomic mass is 9.94. The Morgan fingerprint density at radius 3 is 2.68 bits per heavy atom. The molecule has 0 spiro atoms. The molecule has 5 nitrogen and oxygen atoms in total. The number of nitrogens with one attached hydrogen (secondary N) is 1. The molecule has 0 aromatic heterocycles. The van der Waals surface area contributed by atoms with Gasteiger partial charge in [-0.25, -0.2) is 4.79 Å². The van der Waals surface area contributed by atoms with E-state index in [4.69, 9.17) is 5.11 Å². The molecule has 5 heteroatoms. The third-order valence-electron chi connectivity index (χ3n) is 3.08. The summed E-state index contributed by atoms with van der Waals surface area (Å²) in [6.07, 6.45) is 4.83. The molecule has 0 aliphatic heterocycles. The van der Waals surface area contributed by atoms with Crippen molar-refractivity contribution in [3.05, 3.63) is 35.5 Å². The zero-order valence-electron chi connectivity index (χ0n) is 10.3. The van der Waals surface area contributed by atoms with E-state index in [2.05, 4.69) is 5.32 Å². The summed E-state index contributed by atoms with van der Waals surface area (Å²) in [5.74, 6) is -1.66. The van der Waals surface area contributed by atoms with Crippen molar-refractivity contribution in [3.63, 3.8) is 0 Å². The first kappa shape index (κ1) is 13.1. The van der Waals surface area contributed by atoms with Gasteiger partial charge in [-0.15, -0.1) is 0 Å². The Kier molecular flexibility index (Phi) is 3.85. The Balaban J connectivity index is 2.11. The summed E-state index contributed by atoms with van der Waals surface area (Å²) < 4.78 is 0. The summed E-state index contributed by atoms with van der Waals surface area (Å²) in [5, 5.41) is 23.1. The van der Waals surface area contributed by atoms with Crippen LogP contribution in [-0.2, 0) is 4.79 Å². The van der Waals surface area contributed by atoms with Crippen molar-refractivity contribution in [1.29, 1.82) is 0 Å². The van der Waals surface area contributed by atoms with Crippen molar-refractivity contribution >= 4 is 17.4 Å². The first-order valence-electron chi connectivity index (χ1n) is 6.11. The minimum absolute atomic E-state index is 0.128. The van der Waals surface area contributed by atoms with Crippen LogP contribution in [0.2, 0.25) is 0 Å². The minimum atomic E-state index is -1.24. The van der Waals surface area contributed by atoms with Gasteiger partial charge in [-0.2, -0.15) is 0 Å². The lowest BCUT2D eigenvalue weighted by molar-refractivity contribution is -0.268. The van der Waals surface area contributed by atoms with Gasteiger partial charge in [0.2, 0.25) is 0 Å². The molecule has 0 bridgehead atoms. The summed E-state index contributed by atoms with van der Waals surface area (Å²) in [5.41, 5.74) is 0.953. The lowest BCUT2D eigenvalue weighted by Crippen LogP contribution is -2.10. The molecular weight excluding hydrogens is 246 g/mol. The van der Waals surface area contributed by atoms with Crippen LogP contribution in [-0.4, -0.2) is 16.9 Å². The average molecular weight is 260 g/mol. The van der Waals surface area contributed by atoms with Gasteiger partial charge in [-0.1, -0.05) is 5.75 Å². The second-order valence-electron chi connectivity index (χ2n) is 4.46. The van der Waals surface area contributed by atoms with Crippen molar-refractivity contribution in [2.24, 2.45) is 0 Å². The maximum Gasteiger partial charge on any atom is 0.335 e. The predicted octanol–water partition coefficient (Wildman–Crippen LogP) is 1.90. The van der Waals surface area contributed by atoms with Crippen LogP contribution in [0.4, 0.5) is 5.69 Å². The third kappa shape index (κ3) is 3.13. The van der Waals surface area contributed by atoms with Crippen LogP contribution in [0.5, 0.6) is 5.75 Å². The number of carbonyl (C=O) groups is 2. The molecule has 1 aliphatic carbocycles. The fraction of sp³-hybridized carbons (Fsp3) is 0.286. The highest BCUT2D eigenvalue weighted by atomic mass is 16.4. The van der Waals surface area contributed by atoms with E-state index < -0.39 is 11.7 Å². The molecule has 1 aromatic carbocycles. The van der Waals surface area contributed by atoms with Gasteiger partial charge in [0.05, 0.1) is 5.56 Å². The second kappa shape index (κ2) is 5.56. The molecule has 0 atom stereocenters. The van der Waals surface area contributed by atoms with Crippen molar-refractivity contribution in [2.75, 3.05) is 5.32 Å². The van der Waals surface area contributed by atoms with Gasteiger partial charge in [0.1, 0.15) is 0 Å². The van der Waals surface area contributed by atoms with Gasteiger partial charge in [-0.3, -0.25) is 4.79 Å². The fourth-order valence-electron chi connectivity index (χ4n) is 2.01. The van der Waals surface area contributed by atoms with Crippen LogP contribution in [0.1, 0.15) is 36.0 Å². The van der Waals surface area contributed by atoms with E-state index in [9.17, 15) is 14.7 Å². The minimum Gasteiger partial charge on any atom is -0.872 e. The van der Waals surface area contributed by atoms with Crippen LogP contribution in [0.25, 0.3) is 0 Å². The molecule has 0 unspecified atom stereocenters. The summed E-state index contributed by atoms with van der Waals surface area (Å²) in [6, 6.07) is 3.98. The van der Waals surface area contributed by atoms with Crippen LogP contribution >= 0.6 is 0 Å². The Morgan fingerprint density at radius 2 is 2.05 bits per heavy atom. The van der Waals surface area contributed by atoms with Crippen molar-refractivity contribution in [2.45, 2.75) is 25.7 Å². The monoisotopic (exact) mass is 260 g/mol. The summed E-state index contributed by atoms with van der Waals surface area (Å²) in [7, 11) is 0. The number of aromatic carboxylic acids is 1. The van der Waals surface area contributed by atoms with Gasteiger partial charge in [0.25, 0.3) is 0 Å². The number of benzene rings is 1. The molecule has 0 saturated heterocycles. The number of Topliss-reactive ketones (excluding diaryl/α,β-unsaturated/α-hetero) is 1. The number of carboxylic acids is 1. The first-order chi connectivity index (χ1) is 9.08. The summed E-state index contributed by atoms with van der Waals surface area (Å²) in [4.78, 5) is 22.3. The topological polar surface area (TPSA) is 89.5 Å². The number of anilines is 1. The average Bonchev–Trinajstić information content (AvgIpc) is 2.37. The van der Waals surface area contributed by atoms with E-state index in [1.807, 2.05) is 0 Å². The number of hydrogen-bond acceptors (Lipinski definition) is 4. The van der Waals surface area contributed by atoms with Gasteiger partial charge >= 0.3 is 5.97 Å². The van der Waals surface area contributed by atoms with Gasteiger partial charge in [0.15, 0.2) is 5.78 Å². The van der Waals surface area contributed by atoms with Crippen molar-refractivity contribution in [3.8, 4) is 5.75 Å². The van der Waals surface area contributed by atoms with Gasteiger partial charge in [-0.05, 0) is 37.5 Å². The van der Waals surface area contributed by atoms with Crippen molar-refractivity contribution < 1.29 is 19.8 Å². The molecule has 1 aliphatic rings. The Bertz CT molecular complexity index is 548. The largest absolute Gasteiger partial charge is 0.872 e. The molecule has 1 fully saturated rings. The summed E-state index contributed by atoms with van der Waals surface area (Å²) >= 11 is 0. The van der Waals surface area contributed by atoms with E-state index in [1.54, 1.807) is 6.20 Å². The number of carbonyl (C=O) groups excluding carboxylic acids is 1. The molecule has 100 valence electrons. The molecule has 2 N–H and O–H groups in total. The van der Waals surface area contributed by atoms with Crippen LogP contribution < -0.4 is 10.4 Å². The zero-order chi connectivity index (χ0) is 13.8. The van der Waals surface area contributed by atoms with Crippen molar-refractivity contribution in [1.82, 2.24) is 0 Å².